The van der Waals surface area contributed by atoms with Crippen molar-refractivity contribution in [2.24, 2.45) is 46.3 Å². The molecule has 4 aliphatic rings. The Morgan fingerprint density at radius 2 is 1.73 bits per heavy atom. The fraction of sp³-hybridized carbons (Fsp3) is 1.00. The zero-order valence-corrected chi connectivity index (χ0v) is 19.4. The molecule has 11 atom stereocenters. The number of aliphatic hydroxyl groups excluding tert-OH is 3. The normalized spacial score (nSPS) is 52.2. The van der Waals surface area contributed by atoms with Crippen LogP contribution in [0.1, 0.15) is 72.1 Å². The fourth-order valence-electron chi connectivity index (χ4n) is 8.66. The summed E-state index contributed by atoms with van der Waals surface area (Å²) in [5, 5.41) is 32.9. The van der Waals surface area contributed by atoms with Gasteiger partial charge in [-0.2, -0.15) is 0 Å². The first kappa shape index (κ1) is 23.0. The lowest BCUT2D eigenvalue weighted by Gasteiger charge is -2.63. The van der Waals surface area contributed by atoms with Gasteiger partial charge >= 0.3 is 0 Å². The highest BCUT2D eigenvalue weighted by Gasteiger charge is 2.65. The van der Waals surface area contributed by atoms with Crippen LogP contribution in [0.3, 0.4) is 0 Å². The van der Waals surface area contributed by atoms with E-state index >= 15 is 0 Å². The van der Waals surface area contributed by atoms with E-state index in [1.165, 1.54) is 0 Å². The standard InChI is InChI=1S/C23H40O6S/c1-13(7-9-30(27,28)29)16-4-5-17-21-18(12-20(26)23(16,17)3)22(2)8-6-15(24)10-14(22)11-19(21)25/h13-21,24-26H,4-12H2,1-3H3,(H,27,28,29)/p-1. The topological polar surface area (TPSA) is 118 Å². The van der Waals surface area contributed by atoms with Crippen LogP contribution in [-0.2, 0) is 10.1 Å². The van der Waals surface area contributed by atoms with Crippen molar-refractivity contribution in [3.8, 4) is 0 Å². The number of hydrogen-bond donors (Lipinski definition) is 3. The van der Waals surface area contributed by atoms with Crippen LogP contribution in [0.4, 0.5) is 0 Å². The van der Waals surface area contributed by atoms with Crippen LogP contribution in [0.2, 0.25) is 0 Å². The van der Waals surface area contributed by atoms with E-state index in [2.05, 4.69) is 13.8 Å². The van der Waals surface area contributed by atoms with E-state index in [9.17, 15) is 28.3 Å². The van der Waals surface area contributed by atoms with Gasteiger partial charge < -0.3 is 19.9 Å². The molecule has 11 unspecified atom stereocenters. The molecule has 0 aromatic carbocycles. The van der Waals surface area contributed by atoms with Crippen LogP contribution < -0.4 is 0 Å². The largest absolute Gasteiger partial charge is 0.748 e. The van der Waals surface area contributed by atoms with Gasteiger partial charge in [-0.15, -0.1) is 0 Å². The molecule has 0 aliphatic heterocycles. The number of hydrogen-bond acceptors (Lipinski definition) is 6. The molecule has 3 N–H and O–H groups in total. The van der Waals surface area contributed by atoms with E-state index in [0.29, 0.717) is 18.8 Å². The van der Waals surface area contributed by atoms with Gasteiger partial charge in [-0.05, 0) is 97.7 Å². The van der Waals surface area contributed by atoms with E-state index in [1.54, 1.807) is 0 Å². The van der Waals surface area contributed by atoms with Crippen molar-refractivity contribution >= 4 is 10.1 Å². The van der Waals surface area contributed by atoms with E-state index in [0.717, 1.165) is 38.5 Å². The van der Waals surface area contributed by atoms with Crippen molar-refractivity contribution in [2.45, 2.75) is 90.4 Å². The third kappa shape index (κ3) is 3.57. The van der Waals surface area contributed by atoms with Crippen LogP contribution in [0.15, 0.2) is 0 Å². The van der Waals surface area contributed by atoms with Crippen molar-refractivity contribution in [3.05, 3.63) is 0 Å². The molecule has 0 bridgehead atoms. The minimum absolute atomic E-state index is 0.0452. The summed E-state index contributed by atoms with van der Waals surface area (Å²) in [5.41, 5.74) is -0.308. The zero-order chi connectivity index (χ0) is 22.1. The van der Waals surface area contributed by atoms with Crippen molar-refractivity contribution in [3.63, 3.8) is 0 Å². The van der Waals surface area contributed by atoms with Crippen LogP contribution in [0.25, 0.3) is 0 Å². The second-order valence-corrected chi connectivity index (χ2v) is 13.1. The maximum atomic E-state index is 11.5. The summed E-state index contributed by atoms with van der Waals surface area (Å²) in [5.74, 6) is 0.765. The molecule has 0 aromatic rings. The summed E-state index contributed by atoms with van der Waals surface area (Å²) in [7, 11) is -4.24. The Hall–Kier alpha value is -0.210. The Balaban J connectivity index is 1.60. The third-order valence-corrected chi connectivity index (χ3v) is 11.1. The van der Waals surface area contributed by atoms with Crippen molar-refractivity contribution in [1.82, 2.24) is 0 Å². The van der Waals surface area contributed by atoms with Gasteiger partial charge in [-0.1, -0.05) is 20.8 Å². The molecule has 0 heterocycles. The molecule has 7 heteroatoms. The Kier molecular flexibility index (Phi) is 5.88. The van der Waals surface area contributed by atoms with Gasteiger partial charge in [0.25, 0.3) is 0 Å². The summed E-state index contributed by atoms with van der Waals surface area (Å²) >= 11 is 0. The van der Waals surface area contributed by atoms with Crippen molar-refractivity contribution < 1.29 is 28.3 Å². The zero-order valence-electron chi connectivity index (χ0n) is 18.5. The lowest BCUT2D eigenvalue weighted by atomic mass is 9.43. The molecule has 0 spiro atoms. The Bertz CT molecular complexity index is 755. The average molecular weight is 444 g/mol. The molecule has 0 aromatic heterocycles. The summed E-state index contributed by atoms with van der Waals surface area (Å²) in [4.78, 5) is 0. The lowest BCUT2D eigenvalue weighted by Crippen LogP contribution is -2.62. The molecule has 0 radical (unpaired) electrons. The lowest BCUT2D eigenvalue weighted by molar-refractivity contribution is -0.206. The van der Waals surface area contributed by atoms with Gasteiger partial charge in [-0.25, -0.2) is 8.42 Å². The summed E-state index contributed by atoms with van der Waals surface area (Å²) in [6, 6.07) is 0. The number of aliphatic hydroxyl groups is 3. The molecular weight excluding hydrogens is 404 g/mol. The molecule has 4 saturated carbocycles. The maximum Gasteiger partial charge on any atom is 0.0946 e. The molecule has 4 aliphatic carbocycles. The highest BCUT2D eigenvalue weighted by molar-refractivity contribution is 7.85. The van der Waals surface area contributed by atoms with Crippen LogP contribution >= 0.6 is 0 Å². The second-order valence-electron chi connectivity index (χ2n) is 11.6. The molecule has 30 heavy (non-hydrogen) atoms. The molecule has 4 fully saturated rings. The molecular formula is C23H39O6S-. The molecule has 0 amide bonds. The minimum atomic E-state index is -4.24. The highest BCUT2D eigenvalue weighted by atomic mass is 32.2. The highest BCUT2D eigenvalue weighted by Crippen LogP contribution is 2.68. The van der Waals surface area contributed by atoms with Crippen LogP contribution in [0.5, 0.6) is 0 Å². The van der Waals surface area contributed by atoms with Gasteiger partial charge in [0, 0.05) is 5.75 Å². The van der Waals surface area contributed by atoms with Gasteiger partial charge in [0.1, 0.15) is 0 Å². The summed E-state index contributed by atoms with van der Waals surface area (Å²) < 4.78 is 33.4. The predicted molar refractivity (Wildman–Crippen MR) is 112 cm³/mol. The molecule has 174 valence electrons. The quantitative estimate of drug-likeness (QED) is 0.575. The summed E-state index contributed by atoms with van der Waals surface area (Å²) in [6.45, 7) is 6.47. The second kappa shape index (κ2) is 7.68. The van der Waals surface area contributed by atoms with E-state index in [1.807, 2.05) is 6.92 Å². The first-order valence-electron chi connectivity index (χ1n) is 11.9. The molecule has 6 nitrogen and oxygen atoms in total. The van der Waals surface area contributed by atoms with Gasteiger partial charge in [0.05, 0.1) is 28.4 Å². The summed E-state index contributed by atoms with van der Waals surface area (Å²) in [6.07, 6.45) is 4.90. The maximum absolute atomic E-state index is 11.5. The number of rotatable bonds is 4. The molecule has 0 saturated heterocycles. The third-order valence-electron chi connectivity index (χ3n) is 10.3. The van der Waals surface area contributed by atoms with Crippen molar-refractivity contribution in [2.75, 3.05) is 5.75 Å². The Morgan fingerprint density at radius 1 is 1.03 bits per heavy atom. The van der Waals surface area contributed by atoms with Crippen molar-refractivity contribution in [1.29, 1.82) is 0 Å². The smallest absolute Gasteiger partial charge is 0.0946 e. The van der Waals surface area contributed by atoms with E-state index in [4.69, 9.17) is 0 Å². The Labute approximate surface area is 181 Å². The molecule has 4 rings (SSSR count). The van der Waals surface area contributed by atoms with Gasteiger partial charge in [-0.3, -0.25) is 0 Å². The fourth-order valence-corrected chi connectivity index (χ4v) is 9.32. The van der Waals surface area contributed by atoms with Crippen LogP contribution in [-0.4, -0.2) is 52.4 Å². The first-order chi connectivity index (χ1) is 13.9. The minimum Gasteiger partial charge on any atom is -0.748 e. The monoisotopic (exact) mass is 443 g/mol. The van der Waals surface area contributed by atoms with E-state index in [-0.39, 0.29) is 52.3 Å². The average Bonchev–Trinajstić information content (AvgIpc) is 3.00. The Morgan fingerprint density at radius 3 is 2.40 bits per heavy atom. The van der Waals surface area contributed by atoms with E-state index < -0.39 is 22.3 Å². The van der Waals surface area contributed by atoms with Crippen LogP contribution in [0, 0.1) is 46.3 Å². The first-order valence-corrected chi connectivity index (χ1v) is 13.4. The number of fused-ring (bicyclic) bond motifs is 5. The SMILES string of the molecule is CC(CCS(=O)(=O)[O-])C1CCC2C3C(O)CC4CC(O)CCC4(C)C3CC(O)C12C. The van der Waals surface area contributed by atoms with Gasteiger partial charge in [0.2, 0.25) is 0 Å². The van der Waals surface area contributed by atoms with Gasteiger partial charge in [0.15, 0.2) is 0 Å². The predicted octanol–water partition coefficient (Wildman–Crippen LogP) is 2.52.